The predicted octanol–water partition coefficient (Wildman–Crippen LogP) is 5.48. The van der Waals surface area contributed by atoms with E-state index in [2.05, 4.69) is 0 Å². The molecule has 0 spiro atoms. The molecule has 8 nitrogen and oxygen atoms in total. The van der Waals surface area contributed by atoms with Crippen LogP contribution in [-0.2, 0) is 29.7 Å². The molecule has 2 aromatic rings. The number of aromatic nitrogens is 2. The van der Waals surface area contributed by atoms with Gasteiger partial charge in [-0.25, -0.2) is 4.98 Å². The smallest absolute Gasteiger partial charge is 0.328 e. The summed E-state index contributed by atoms with van der Waals surface area (Å²) in [5.74, 6) is 0.387. The molecule has 178 valence electrons. The molecule has 0 saturated heterocycles. The summed E-state index contributed by atoms with van der Waals surface area (Å²) in [7, 11) is -4.81. The summed E-state index contributed by atoms with van der Waals surface area (Å²) in [6.07, 6.45) is 0.957. The van der Waals surface area contributed by atoms with Crippen molar-refractivity contribution >= 4 is 15.0 Å². The van der Waals surface area contributed by atoms with Gasteiger partial charge in [-0.1, -0.05) is 30.3 Å². The number of hydrogen-bond donors (Lipinski definition) is 0. The second kappa shape index (κ2) is 12.1. The minimum atomic E-state index is -3.23. The highest BCUT2D eigenvalue weighted by molar-refractivity contribution is 7.58. The molecule has 0 saturated carbocycles. The van der Waals surface area contributed by atoms with E-state index in [1.54, 1.807) is 34.5 Å². The maximum atomic E-state index is 13.5. The molecule has 0 aliphatic heterocycles. The molecule has 1 heterocycles. The largest absolute Gasteiger partial charge is 0.330 e. The van der Waals surface area contributed by atoms with Crippen molar-refractivity contribution in [1.29, 1.82) is 0 Å². The standard InChI is InChI=1S/C22H34N2O6P2/c1-6-28-31(5,26)20(15-12-16-32(27,29-7-2)30-8-3)22-23-19(17-21(25)24(22)4)18-13-10-9-11-14-18/h9-11,13-14,17,20H,6-8,12,15-16H2,1-5H3. The average molecular weight is 484 g/mol. The minimum absolute atomic E-state index is 0.184. The van der Waals surface area contributed by atoms with Crippen LogP contribution < -0.4 is 5.56 Å². The molecule has 1 aromatic carbocycles. The zero-order valence-electron chi connectivity index (χ0n) is 19.5. The average Bonchev–Trinajstić information content (AvgIpc) is 2.74. The van der Waals surface area contributed by atoms with Crippen molar-refractivity contribution in [3.63, 3.8) is 0 Å². The topological polar surface area (TPSA) is 96.7 Å². The Kier molecular flexibility index (Phi) is 10.1. The first-order chi connectivity index (χ1) is 15.2. The molecule has 2 rings (SSSR count). The Morgan fingerprint density at radius 2 is 1.59 bits per heavy atom. The van der Waals surface area contributed by atoms with Gasteiger partial charge in [0.15, 0.2) is 0 Å². The minimum Gasteiger partial charge on any atom is -0.328 e. The number of rotatable bonds is 13. The normalized spacial score (nSPS) is 14.8. The summed E-state index contributed by atoms with van der Waals surface area (Å²) < 4.78 is 44.2. The van der Waals surface area contributed by atoms with E-state index in [9.17, 15) is 13.9 Å². The Morgan fingerprint density at radius 3 is 2.16 bits per heavy atom. The van der Waals surface area contributed by atoms with Crippen molar-refractivity contribution in [3.05, 3.63) is 52.6 Å². The van der Waals surface area contributed by atoms with Gasteiger partial charge in [-0.15, -0.1) is 0 Å². The molecule has 2 atom stereocenters. The molecule has 0 N–H and O–H groups in total. The van der Waals surface area contributed by atoms with Crippen molar-refractivity contribution in [2.75, 3.05) is 32.6 Å². The maximum absolute atomic E-state index is 13.5. The zero-order chi connectivity index (χ0) is 23.8. The quantitative estimate of drug-likeness (QED) is 0.347. The zero-order valence-corrected chi connectivity index (χ0v) is 21.3. The summed E-state index contributed by atoms with van der Waals surface area (Å²) in [4.78, 5) is 17.5. The first-order valence-electron chi connectivity index (χ1n) is 10.9. The first kappa shape index (κ1) is 26.7. The van der Waals surface area contributed by atoms with Crippen LogP contribution in [0, 0.1) is 0 Å². The molecular formula is C22H34N2O6P2. The lowest BCUT2D eigenvalue weighted by atomic mass is 10.1. The lowest BCUT2D eigenvalue weighted by molar-refractivity contribution is 0.219. The van der Waals surface area contributed by atoms with Crippen molar-refractivity contribution < 1.29 is 22.7 Å². The molecule has 0 bridgehead atoms. The Morgan fingerprint density at radius 1 is 1.00 bits per heavy atom. The van der Waals surface area contributed by atoms with Crippen LogP contribution in [0.25, 0.3) is 11.3 Å². The van der Waals surface area contributed by atoms with Crippen LogP contribution in [0.2, 0.25) is 0 Å². The second-order valence-corrected chi connectivity index (χ2v) is 12.3. The maximum Gasteiger partial charge on any atom is 0.330 e. The van der Waals surface area contributed by atoms with Gasteiger partial charge in [-0.2, -0.15) is 0 Å². The van der Waals surface area contributed by atoms with Crippen LogP contribution in [0.1, 0.15) is 45.1 Å². The first-order valence-corrected chi connectivity index (χ1v) is 14.8. The Hall–Kier alpha value is -1.56. The molecule has 10 heteroatoms. The summed E-state index contributed by atoms with van der Waals surface area (Å²) in [5, 5.41) is 0. The van der Waals surface area contributed by atoms with Gasteiger partial charge >= 0.3 is 7.60 Å². The fourth-order valence-electron chi connectivity index (χ4n) is 3.57. The molecule has 1 aromatic heterocycles. The highest BCUT2D eigenvalue weighted by Crippen LogP contribution is 2.59. The van der Waals surface area contributed by atoms with Crippen LogP contribution >= 0.6 is 15.0 Å². The number of benzene rings is 1. The van der Waals surface area contributed by atoms with E-state index >= 15 is 0 Å². The molecular weight excluding hydrogens is 450 g/mol. The molecule has 0 radical (unpaired) electrons. The van der Waals surface area contributed by atoms with Crippen LogP contribution in [0.5, 0.6) is 0 Å². The van der Waals surface area contributed by atoms with Crippen molar-refractivity contribution in [2.45, 2.75) is 39.3 Å². The fraction of sp³-hybridized carbons (Fsp3) is 0.545. The van der Waals surface area contributed by atoms with Gasteiger partial charge in [0.1, 0.15) is 5.82 Å². The summed E-state index contributed by atoms with van der Waals surface area (Å²) in [6.45, 7) is 7.69. The van der Waals surface area contributed by atoms with Gasteiger partial charge in [0.25, 0.3) is 5.56 Å². The third-order valence-corrected chi connectivity index (χ3v) is 9.61. The molecule has 32 heavy (non-hydrogen) atoms. The molecule has 0 aliphatic rings. The van der Waals surface area contributed by atoms with Gasteiger partial charge in [0, 0.05) is 25.3 Å². The van der Waals surface area contributed by atoms with Gasteiger partial charge in [0.05, 0.1) is 37.3 Å². The van der Waals surface area contributed by atoms with Gasteiger partial charge < -0.3 is 13.6 Å². The van der Waals surface area contributed by atoms with Gasteiger partial charge in [-0.05, 0) is 33.6 Å². The Labute approximate surface area is 190 Å². The highest BCUT2D eigenvalue weighted by Gasteiger charge is 2.35. The van der Waals surface area contributed by atoms with Crippen LogP contribution in [0.3, 0.4) is 0 Å². The third kappa shape index (κ3) is 6.97. The predicted molar refractivity (Wildman–Crippen MR) is 128 cm³/mol. The number of hydrogen-bond acceptors (Lipinski definition) is 7. The van der Waals surface area contributed by atoms with E-state index in [-0.39, 0.29) is 31.5 Å². The van der Waals surface area contributed by atoms with Crippen molar-refractivity contribution in [3.8, 4) is 11.3 Å². The van der Waals surface area contributed by atoms with Crippen LogP contribution in [0.15, 0.2) is 41.2 Å². The lowest BCUT2D eigenvalue weighted by Gasteiger charge is -2.26. The van der Waals surface area contributed by atoms with Gasteiger partial charge in [0.2, 0.25) is 7.37 Å². The molecule has 0 fully saturated rings. The van der Waals surface area contributed by atoms with E-state index in [1.807, 2.05) is 30.3 Å². The molecule has 0 amide bonds. The van der Waals surface area contributed by atoms with E-state index in [4.69, 9.17) is 18.6 Å². The molecule has 0 aliphatic carbocycles. The van der Waals surface area contributed by atoms with Crippen molar-refractivity contribution in [2.24, 2.45) is 7.05 Å². The lowest BCUT2D eigenvalue weighted by Crippen LogP contribution is -2.24. The molecule has 2 unspecified atom stereocenters. The Balaban J connectivity index is 2.43. The number of nitrogens with zero attached hydrogens (tertiary/aromatic N) is 2. The van der Waals surface area contributed by atoms with Crippen molar-refractivity contribution in [1.82, 2.24) is 9.55 Å². The monoisotopic (exact) mass is 484 g/mol. The second-order valence-electron chi connectivity index (χ2n) is 7.42. The van der Waals surface area contributed by atoms with E-state index in [0.29, 0.717) is 24.4 Å². The SMILES string of the molecule is CCOP(=O)(CCCC(c1nc(-c2ccccc2)cc(=O)n1C)P(C)(=O)OCC)OCC. The van der Waals surface area contributed by atoms with Crippen LogP contribution in [-0.4, -0.2) is 42.2 Å². The summed E-state index contributed by atoms with van der Waals surface area (Å²) >= 11 is 0. The fourth-order valence-corrected chi connectivity index (χ4v) is 7.25. The van der Waals surface area contributed by atoms with Gasteiger partial charge in [-0.3, -0.25) is 18.5 Å². The third-order valence-electron chi connectivity index (χ3n) is 5.05. The Bertz CT molecular complexity index is 1010. The summed E-state index contributed by atoms with van der Waals surface area (Å²) in [5.41, 5.74) is 0.425. The highest BCUT2D eigenvalue weighted by atomic mass is 31.2. The summed E-state index contributed by atoms with van der Waals surface area (Å²) in [6, 6.07) is 10.8. The van der Waals surface area contributed by atoms with Crippen LogP contribution in [0.4, 0.5) is 0 Å². The van der Waals surface area contributed by atoms with E-state index in [1.165, 1.54) is 10.6 Å². The van der Waals surface area contributed by atoms with E-state index in [0.717, 1.165) is 5.56 Å². The van der Waals surface area contributed by atoms with E-state index < -0.39 is 20.6 Å².